The first-order chi connectivity index (χ1) is 10.9. The Morgan fingerprint density at radius 3 is 2.91 bits per heavy atom. The molecule has 1 aliphatic rings. The van der Waals surface area contributed by atoms with Gasteiger partial charge in [-0.15, -0.1) is 11.3 Å². The predicted octanol–water partition coefficient (Wildman–Crippen LogP) is 2.28. The zero-order valence-corrected chi connectivity index (χ0v) is 13.2. The summed E-state index contributed by atoms with van der Waals surface area (Å²) in [6, 6.07) is 3.64. The van der Waals surface area contributed by atoms with Crippen molar-refractivity contribution in [2.45, 2.75) is 25.4 Å². The number of rotatable bonds is 4. The predicted molar refractivity (Wildman–Crippen MR) is 80.9 cm³/mol. The molecule has 3 rings (SSSR count). The summed E-state index contributed by atoms with van der Waals surface area (Å²) in [5, 5.41) is 11.3. The Morgan fingerprint density at radius 1 is 1.52 bits per heavy atom. The monoisotopic (exact) mass is 338 g/mol. The number of aryl methyl sites for hydroxylation is 1. The summed E-state index contributed by atoms with van der Waals surface area (Å²) in [6.07, 6.45) is -0.159. The van der Waals surface area contributed by atoms with Crippen LogP contribution in [0.25, 0.3) is 10.8 Å². The Labute approximate surface area is 135 Å². The third-order valence-electron chi connectivity index (χ3n) is 3.79. The molecular weight excluding hydrogens is 323 g/mol. The van der Waals surface area contributed by atoms with Crippen LogP contribution < -0.4 is 0 Å². The van der Waals surface area contributed by atoms with Crippen molar-refractivity contribution < 1.29 is 23.5 Å². The number of hydrogen-bond donors (Lipinski definition) is 1. The van der Waals surface area contributed by atoms with Gasteiger partial charge in [0, 0.05) is 18.3 Å². The number of amides is 1. The lowest BCUT2D eigenvalue weighted by molar-refractivity contribution is -0.150. The van der Waals surface area contributed by atoms with Crippen LogP contribution in [0.15, 0.2) is 21.9 Å². The molecule has 3 heterocycles. The molecule has 23 heavy (non-hydrogen) atoms. The van der Waals surface area contributed by atoms with Crippen molar-refractivity contribution in [3.63, 3.8) is 0 Å². The molecule has 8 heteroatoms. The average molecular weight is 338 g/mol. The SMILES string of the molecule is Cc1ccc(-c2nc(CC(=O)N3CCC(F)(C(=O)O)C3)cs2)o1. The number of aromatic nitrogens is 1. The molecule has 0 spiro atoms. The second kappa shape index (κ2) is 5.77. The van der Waals surface area contributed by atoms with Crippen molar-refractivity contribution in [1.82, 2.24) is 9.88 Å². The molecular formula is C15H15FN2O4S. The third kappa shape index (κ3) is 3.12. The number of alkyl halides is 1. The largest absolute Gasteiger partial charge is 0.479 e. The van der Waals surface area contributed by atoms with Gasteiger partial charge in [0.15, 0.2) is 10.8 Å². The van der Waals surface area contributed by atoms with Crippen molar-refractivity contribution in [3.05, 3.63) is 29.0 Å². The Balaban J connectivity index is 1.65. The molecule has 6 nitrogen and oxygen atoms in total. The first-order valence-electron chi connectivity index (χ1n) is 7.09. The van der Waals surface area contributed by atoms with E-state index in [9.17, 15) is 14.0 Å². The minimum atomic E-state index is -2.34. The number of likely N-dealkylation sites (tertiary alicyclic amines) is 1. The molecule has 0 aromatic carbocycles. The lowest BCUT2D eigenvalue weighted by atomic mass is 10.1. The third-order valence-corrected chi connectivity index (χ3v) is 4.70. The summed E-state index contributed by atoms with van der Waals surface area (Å²) in [7, 11) is 0. The second-order valence-electron chi connectivity index (χ2n) is 5.57. The second-order valence-corrected chi connectivity index (χ2v) is 6.42. The number of carboxylic acid groups (broad SMARTS) is 1. The summed E-state index contributed by atoms with van der Waals surface area (Å²) < 4.78 is 19.5. The van der Waals surface area contributed by atoms with Crippen LogP contribution in [0.3, 0.4) is 0 Å². The van der Waals surface area contributed by atoms with Gasteiger partial charge in [0.2, 0.25) is 11.6 Å². The Hall–Kier alpha value is -2.22. The molecule has 0 radical (unpaired) electrons. The van der Waals surface area contributed by atoms with Crippen molar-refractivity contribution in [2.24, 2.45) is 0 Å². The Morgan fingerprint density at radius 2 is 2.30 bits per heavy atom. The van der Waals surface area contributed by atoms with E-state index < -0.39 is 18.2 Å². The highest BCUT2D eigenvalue weighted by atomic mass is 32.1. The number of carbonyl (C=O) groups is 2. The first-order valence-corrected chi connectivity index (χ1v) is 7.97. The molecule has 0 bridgehead atoms. The van der Waals surface area contributed by atoms with Crippen LogP contribution in [0.2, 0.25) is 0 Å². The summed E-state index contributed by atoms with van der Waals surface area (Å²) in [6.45, 7) is 1.53. The molecule has 2 aromatic heterocycles. The maximum absolute atomic E-state index is 14.0. The quantitative estimate of drug-likeness (QED) is 0.924. The summed E-state index contributed by atoms with van der Waals surface area (Å²) in [5.74, 6) is -0.422. The van der Waals surface area contributed by atoms with E-state index in [4.69, 9.17) is 9.52 Å². The molecule has 1 amide bonds. The van der Waals surface area contributed by atoms with Gasteiger partial charge >= 0.3 is 5.97 Å². The molecule has 1 atom stereocenters. The molecule has 1 saturated heterocycles. The fraction of sp³-hybridized carbons (Fsp3) is 0.400. The van der Waals surface area contributed by atoms with Gasteiger partial charge in [-0.05, 0) is 19.1 Å². The molecule has 1 unspecified atom stereocenters. The normalized spacial score (nSPS) is 20.9. The highest BCUT2D eigenvalue weighted by Gasteiger charge is 2.46. The van der Waals surface area contributed by atoms with Crippen LogP contribution >= 0.6 is 11.3 Å². The summed E-state index contributed by atoms with van der Waals surface area (Å²) >= 11 is 1.36. The van der Waals surface area contributed by atoms with Crippen molar-refractivity contribution in [3.8, 4) is 10.8 Å². The van der Waals surface area contributed by atoms with Crippen LogP contribution in [-0.4, -0.2) is 45.6 Å². The number of halogens is 1. The maximum atomic E-state index is 14.0. The minimum Gasteiger partial charge on any atom is -0.479 e. The smallest absolute Gasteiger partial charge is 0.343 e. The van der Waals surface area contributed by atoms with E-state index in [0.29, 0.717) is 16.5 Å². The number of hydrogen-bond acceptors (Lipinski definition) is 5. The molecule has 1 aliphatic heterocycles. The number of furan rings is 1. The van der Waals surface area contributed by atoms with Gasteiger partial charge < -0.3 is 14.4 Å². The van der Waals surface area contributed by atoms with Crippen molar-refractivity contribution in [1.29, 1.82) is 0 Å². The van der Waals surface area contributed by atoms with Crippen molar-refractivity contribution in [2.75, 3.05) is 13.1 Å². The number of thiazole rings is 1. The minimum absolute atomic E-state index is 0.0197. The van der Waals surface area contributed by atoms with E-state index in [-0.39, 0.29) is 25.3 Å². The number of carboxylic acids is 1. The van der Waals surface area contributed by atoms with Gasteiger partial charge in [-0.25, -0.2) is 14.2 Å². The zero-order chi connectivity index (χ0) is 16.6. The van der Waals surface area contributed by atoms with Crippen LogP contribution in [0.1, 0.15) is 17.9 Å². The van der Waals surface area contributed by atoms with E-state index >= 15 is 0 Å². The van der Waals surface area contributed by atoms with Crippen LogP contribution in [-0.2, 0) is 16.0 Å². The van der Waals surface area contributed by atoms with Gasteiger partial charge in [0.1, 0.15) is 5.76 Å². The van der Waals surface area contributed by atoms with Crippen molar-refractivity contribution >= 4 is 23.2 Å². The molecule has 122 valence electrons. The number of carbonyl (C=O) groups excluding carboxylic acids is 1. The van der Waals surface area contributed by atoms with Gasteiger partial charge in [-0.2, -0.15) is 0 Å². The standard InChI is InChI=1S/C15H15FN2O4S/c1-9-2-3-11(22-9)13-17-10(7-23-13)6-12(19)18-5-4-15(16,8-18)14(20)21/h2-3,7H,4-6,8H2,1H3,(H,20,21). The lowest BCUT2D eigenvalue weighted by Gasteiger charge is -2.17. The Kier molecular flexibility index (Phi) is 3.93. The van der Waals surface area contributed by atoms with E-state index in [1.807, 2.05) is 19.1 Å². The van der Waals surface area contributed by atoms with Gasteiger partial charge in [0.05, 0.1) is 18.7 Å². The van der Waals surface area contributed by atoms with Crippen LogP contribution in [0.4, 0.5) is 4.39 Å². The lowest BCUT2D eigenvalue weighted by Crippen LogP contribution is -2.39. The number of aliphatic carboxylic acids is 1. The fourth-order valence-electron chi connectivity index (χ4n) is 2.48. The molecule has 0 aliphatic carbocycles. The van der Waals surface area contributed by atoms with E-state index in [0.717, 1.165) is 5.76 Å². The molecule has 0 saturated carbocycles. The van der Waals surface area contributed by atoms with E-state index in [1.54, 1.807) is 5.38 Å². The van der Waals surface area contributed by atoms with Gasteiger partial charge in [-0.3, -0.25) is 4.79 Å². The zero-order valence-electron chi connectivity index (χ0n) is 12.4. The van der Waals surface area contributed by atoms with Gasteiger partial charge in [-0.1, -0.05) is 0 Å². The van der Waals surface area contributed by atoms with E-state index in [2.05, 4.69) is 4.98 Å². The highest BCUT2D eigenvalue weighted by molar-refractivity contribution is 7.13. The highest BCUT2D eigenvalue weighted by Crippen LogP contribution is 2.28. The molecule has 1 fully saturated rings. The van der Waals surface area contributed by atoms with Gasteiger partial charge in [0.25, 0.3) is 0 Å². The topological polar surface area (TPSA) is 83.6 Å². The molecule has 2 aromatic rings. The molecule has 1 N–H and O–H groups in total. The summed E-state index contributed by atoms with van der Waals surface area (Å²) in [4.78, 5) is 28.6. The van der Waals surface area contributed by atoms with Crippen LogP contribution in [0, 0.1) is 6.92 Å². The summed E-state index contributed by atoms with van der Waals surface area (Å²) in [5.41, 5.74) is -1.77. The maximum Gasteiger partial charge on any atom is 0.343 e. The first kappa shape index (κ1) is 15.7. The average Bonchev–Trinajstić information content (AvgIpc) is 3.19. The van der Waals surface area contributed by atoms with E-state index in [1.165, 1.54) is 16.2 Å². The number of nitrogens with zero attached hydrogens (tertiary/aromatic N) is 2. The van der Waals surface area contributed by atoms with Crippen LogP contribution in [0.5, 0.6) is 0 Å². The fourth-order valence-corrected chi connectivity index (χ4v) is 3.26. The Bertz CT molecular complexity index is 756.